The Labute approximate surface area is 105 Å². The third kappa shape index (κ3) is 3.08. The van der Waals surface area contributed by atoms with Gasteiger partial charge in [-0.25, -0.2) is 0 Å². The Morgan fingerprint density at radius 1 is 0.941 bits per heavy atom. The summed E-state index contributed by atoms with van der Waals surface area (Å²) in [6.07, 6.45) is 0. The number of benzene rings is 2. The second-order valence-electron chi connectivity index (χ2n) is 3.97. The second kappa shape index (κ2) is 5.84. The van der Waals surface area contributed by atoms with E-state index in [1.807, 2.05) is 12.1 Å². The average Bonchev–Trinajstić information content (AvgIpc) is 2.40. The van der Waals surface area contributed by atoms with Gasteiger partial charge in [-0.3, -0.25) is 0 Å². The van der Waals surface area contributed by atoms with Crippen LogP contribution in [0.5, 0.6) is 5.75 Å². The lowest BCUT2D eigenvalue weighted by molar-refractivity contribution is 0.410. The first kappa shape index (κ1) is 12.1. The van der Waals surface area contributed by atoms with Gasteiger partial charge in [0.15, 0.2) is 0 Å². The molecule has 0 fully saturated rings. The Bertz CT molecular complexity index is 467. The summed E-state index contributed by atoms with van der Waals surface area (Å²) < 4.78 is 5.41. The lowest BCUT2D eigenvalue weighted by atomic mass is 10.1. The summed E-state index contributed by atoms with van der Waals surface area (Å²) in [7, 11) is 2.51. The standard InChI is InChI=1S/C15H17OP/c1-12(17-13-8-4-3-5-9-13)14-10-6-7-11-15(14)16-2/h3-12,17H,1-2H3. The van der Waals surface area contributed by atoms with Gasteiger partial charge < -0.3 is 4.74 Å². The maximum absolute atomic E-state index is 5.41. The molecule has 2 rings (SSSR count). The minimum atomic E-state index is 0.494. The molecule has 0 saturated carbocycles. The fourth-order valence-corrected chi connectivity index (χ4v) is 3.17. The normalized spacial score (nSPS) is 12.8. The van der Waals surface area contributed by atoms with Gasteiger partial charge in [-0.2, -0.15) is 0 Å². The van der Waals surface area contributed by atoms with Crippen molar-refractivity contribution in [1.29, 1.82) is 0 Å². The Morgan fingerprint density at radius 2 is 1.59 bits per heavy atom. The predicted octanol–water partition coefficient (Wildman–Crippen LogP) is 3.76. The number of hydrogen-bond acceptors (Lipinski definition) is 1. The fraction of sp³-hybridized carbons (Fsp3) is 0.200. The van der Waals surface area contributed by atoms with Crippen molar-refractivity contribution in [3.63, 3.8) is 0 Å². The first-order valence-corrected chi connectivity index (χ1v) is 6.83. The monoisotopic (exact) mass is 244 g/mol. The van der Waals surface area contributed by atoms with Gasteiger partial charge in [-0.15, -0.1) is 0 Å². The Morgan fingerprint density at radius 3 is 2.29 bits per heavy atom. The van der Waals surface area contributed by atoms with Gasteiger partial charge in [0.05, 0.1) is 7.11 Å². The summed E-state index contributed by atoms with van der Waals surface area (Å²) >= 11 is 0. The van der Waals surface area contributed by atoms with Crippen molar-refractivity contribution in [3.05, 3.63) is 60.2 Å². The molecule has 0 aromatic heterocycles. The summed E-state index contributed by atoms with van der Waals surface area (Å²) in [5, 5.41) is 1.39. The van der Waals surface area contributed by atoms with Crippen LogP contribution in [0.15, 0.2) is 54.6 Å². The van der Waals surface area contributed by atoms with Crippen molar-refractivity contribution in [2.75, 3.05) is 7.11 Å². The molecular formula is C15H17OP. The molecule has 2 heteroatoms. The van der Waals surface area contributed by atoms with Gasteiger partial charge in [-0.05, 0) is 11.4 Å². The minimum absolute atomic E-state index is 0.494. The zero-order valence-electron chi connectivity index (χ0n) is 10.2. The number of ether oxygens (including phenoxy) is 1. The highest BCUT2D eigenvalue weighted by Crippen LogP contribution is 2.37. The van der Waals surface area contributed by atoms with Gasteiger partial charge >= 0.3 is 0 Å². The molecule has 2 atom stereocenters. The molecular weight excluding hydrogens is 227 g/mol. The average molecular weight is 244 g/mol. The van der Waals surface area contributed by atoms with Crippen molar-refractivity contribution < 1.29 is 4.74 Å². The number of hydrogen-bond donors (Lipinski definition) is 0. The van der Waals surface area contributed by atoms with Crippen LogP contribution in [-0.2, 0) is 0 Å². The molecule has 0 aliphatic rings. The van der Waals surface area contributed by atoms with E-state index < -0.39 is 0 Å². The molecule has 0 N–H and O–H groups in total. The zero-order chi connectivity index (χ0) is 12.1. The quantitative estimate of drug-likeness (QED) is 0.744. The van der Waals surface area contributed by atoms with Crippen LogP contribution >= 0.6 is 8.58 Å². The minimum Gasteiger partial charge on any atom is -0.496 e. The summed E-state index contributed by atoms with van der Waals surface area (Å²) in [4.78, 5) is 0. The van der Waals surface area contributed by atoms with Gasteiger partial charge in [0, 0.05) is 11.2 Å². The first-order chi connectivity index (χ1) is 8.31. The molecule has 0 spiro atoms. The third-order valence-electron chi connectivity index (χ3n) is 2.76. The molecule has 2 unspecified atom stereocenters. The van der Waals surface area contributed by atoms with Crippen molar-refractivity contribution in [2.24, 2.45) is 0 Å². The molecule has 0 radical (unpaired) electrons. The number of para-hydroxylation sites is 1. The fourth-order valence-electron chi connectivity index (χ4n) is 1.89. The van der Waals surface area contributed by atoms with E-state index in [1.165, 1.54) is 10.9 Å². The van der Waals surface area contributed by atoms with Gasteiger partial charge in [0.1, 0.15) is 5.75 Å². The van der Waals surface area contributed by atoms with Gasteiger partial charge in [0.25, 0.3) is 0 Å². The van der Waals surface area contributed by atoms with Crippen LogP contribution in [0.2, 0.25) is 0 Å². The Balaban J connectivity index is 2.17. The lowest BCUT2D eigenvalue weighted by Gasteiger charge is -2.15. The molecule has 0 amide bonds. The van der Waals surface area contributed by atoms with Crippen LogP contribution in [0.3, 0.4) is 0 Å². The second-order valence-corrected chi connectivity index (χ2v) is 5.71. The van der Waals surface area contributed by atoms with E-state index in [1.54, 1.807) is 7.11 Å². The molecule has 2 aromatic carbocycles. The van der Waals surface area contributed by atoms with Gasteiger partial charge in [-0.1, -0.05) is 64.0 Å². The highest BCUT2D eigenvalue weighted by Gasteiger charge is 2.10. The molecule has 0 saturated heterocycles. The van der Waals surface area contributed by atoms with E-state index in [0.29, 0.717) is 5.66 Å². The van der Waals surface area contributed by atoms with Crippen molar-refractivity contribution >= 4 is 13.9 Å². The lowest BCUT2D eigenvalue weighted by Crippen LogP contribution is -1.98. The maximum Gasteiger partial charge on any atom is 0.122 e. The van der Waals surface area contributed by atoms with Crippen molar-refractivity contribution in [2.45, 2.75) is 12.6 Å². The summed E-state index contributed by atoms with van der Waals surface area (Å²) in [5.41, 5.74) is 1.78. The summed E-state index contributed by atoms with van der Waals surface area (Å²) in [6.45, 7) is 2.25. The summed E-state index contributed by atoms with van der Waals surface area (Å²) in [6, 6.07) is 18.9. The van der Waals surface area contributed by atoms with Crippen LogP contribution in [-0.4, -0.2) is 7.11 Å². The Hall–Kier alpha value is -1.33. The highest BCUT2D eigenvalue weighted by molar-refractivity contribution is 7.47. The summed E-state index contributed by atoms with van der Waals surface area (Å²) in [5.74, 6) is 0.989. The molecule has 1 nitrogen and oxygen atoms in total. The van der Waals surface area contributed by atoms with Crippen LogP contribution in [0, 0.1) is 0 Å². The zero-order valence-corrected chi connectivity index (χ0v) is 11.2. The van der Waals surface area contributed by atoms with E-state index in [4.69, 9.17) is 4.74 Å². The molecule has 0 aliphatic carbocycles. The molecule has 0 aliphatic heterocycles. The Kier molecular flexibility index (Phi) is 4.17. The van der Waals surface area contributed by atoms with E-state index in [2.05, 4.69) is 49.4 Å². The third-order valence-corrected chi connectivity index (χ3v) is 4.17. The largest absolute Gasteiger partial charge is 0.496 e. The van der Waals surface area contributed by atoms with E-state index >= 15 is 0 Å². The van der Waals surface area contributed by atoms with Crippen LogP contribution in [0.25, 0.3) is 0 Å². The van der Waals surface area contributed by atoms with E-state index in [-0.39, 0.29) is 0 Å². The van der Waals surface area contributed by atoms with Crippen molar-refractivity contribution in [3.8, 4) is 5.75 Å². The molecule has 88 valence electrons. The number of rotatable bonds is 4. The van der Waals surface area contributed by atoms with E-state index in [0.717, 1.165) is 14.3 Å². The van der Waals surface area contributed by atoms with Crippen LogP contribution in [0.4, 0.5) is 0 Å². The predicted molar refractivity (Wildman–Crippen MR) is 75.8 cm³/mol. The smallest absolute Gasteiger partial charge is 0.122 e. The van der Waals surface area contributed by atoms with E-state index in [9.17, 15) is 0 Å². The molecule has 17 heavy (non-hydrogen) atoms. The van der Waals surface area contributed by atoms with Gasteiger partial charge in [0.2, 0.25) is 0 Å². The number of methoxy groups -OCH3 is 1. The molecule has 0 heterocycles. The molecule has 0 bridgehead atoms. The SMILES string of the molecule is COc1ccccc1C(C)Pc1ccccc1. The van der Waals surface area contributed by atoms with Crippen LogP contribution in [0.1, 0.15) is 18.1 Å². The molecule has 2 aromatic rings. The highest BCUT2D eigenvalue weighted by atomic mass is 31.1. The topological polar surface area (TPSA) is 9.23 Å². The van der Waals surface area contributed by atoms with Crippen LogP contribution < -0.4 is 10.0 Å². The van der Waals surface area contributed by atoms with Crippen molar-refractivity contribution in [1.82, 2.24) is 0 Å². The maximum atomic E-state index is 5.41. The first-order valence-electron chi connectivity index (χ1n) is 5.76.